The fraction of sp³-hybridized carbons (Fsp3) is 0.788. The van der Waals surface area contributed by atoms with Gasteiger partial charge in [-0.1, -0.05) is 40.3 Å². The highest BCUT2D eigenvalue weighted by molar-refractivity contribution is 5.80. The standard InChI is InChI=1S/C33H59N5O4/c1-9-26(3)20-36-32(40-8)14-13-16-37-17-15-30(27(4)23-37)42-33(34-6)22-35-21-29(10-2)38-24-28(5)31(25-38)41-19-12-11-18-39-7/h13-14,20-21,27-32H,3,9-12,15-19,22-25H2,1-2,4-8H3/b14-13-,34-33+,35-21-,36-20-/t27?,28?,29?,30-,31+,32?/m1/s1. The summed E-state index contributed by atoms with van der Waals surface area (Å²) in [4.78, 5) is 18.6. The maximum atomic E-state index is 6.38. The first kappa shape index (κ1) is 36.3. The molecule has 0 aromatic heterocycles. The molecular formula is C33H59N5O4. The number of likely N-dealkylation sites (tertiary alicyclic amines) is 2. The number of hydrogen-bond donors (Lipinski definition) is 0. The number of hydrogen-bond acceptors (Lipinski definition) is 9. The third-order valence-corrected chi connectivity index (χ3v) is 8.25. The lowest BCUT2D eigenvalue weighted by molar-refractivity contribution is 0.0325. The molecule has 4 unspecified atom stereocenters. The minimum atomic E-state index is -0.275. The van der Waals surface area contributed by atoms with Gasteiger partial charge in [0, 0.05) is 91.6 Å². The monoisotopic (exact) mass is 589 g/mol. The van der Waals surface area contributed by atoms with E-state index in [0.717, 1.165) is 83.6 Å². The molecule has 0 aromatic carbocycles. The summed E-state index contributed by atoms with van der Waals surface area (Å²) in [5.74, 6) is 1.64. The van der Waals surface area contributed by atoms with Crippen molar-refractivity contribution in [2.45, 2.75) is 84.3 Å². The zero-order valence-corrected chi connectivity index (χ0v) is 27.5. The molecule has 240 valence electrons. The highest BCUT2D eigenvalue weighted by Crippen LogP contribution is 2.23. The topological polar surface area (TPSA) is 80.5 Å². The van der Waals surface area contributed by atoms with Crippen LogP contribution in [0.25, 0.3) is 0 Å². The van der Waals surface area contributed by atoms with Gasteiger partial charge < -0.3 is 18.9 Å². The number of methoxy groups -OCH3 is 2. The maximum Gasteiger partial charge on any atom is 0.205 e. The molecule has 2 aliphatic rings. The molecular weight excluding hydrogens is 530 g/mol. The smallest absolute Gasteiger partial charge is 0.205 e. The molecule has 9 heteroatoms. The second-order valence-electron chi connectivity index (χ2n) is 11.6. The quantitative estimate of drug-likeness (QED) is 0.0921. The summed E-state index contributed by atoms with van der Waals surface area (Å²) in [6.07, 6.45) is 13.2. The Balaban J connectivity index is 1.77. The van der Waals surface area contributed by atoms with Crippen LogP contribution < -0.4 is 0 Å². The van der Waals surface area contributed by atoms with Crippen molar-refractivity contribution in [3.63, 3.8) is 0 Å². The zero-order chi connectivity index (χ0) is 30.7. The number of ether oxygens (including phenoxy) is 4. The van der Waals surface area contributed by atoms with Crippen LogP contribution >= 0.6 is 0 Å². The van der Waals surface area contributed by atoms with Gasteiger partial charge in [0.15, 0.2) is 6.23 Å². The number of rotatable bonds is 19. The molecule has 2 fully saturated rings. The highest BCUT2D eigenvalue weighted by Gasteiger charge is 2.33. The first-order valence-electron chi connectivity index (χ1n) is 15.9. The summed E-state index contributed by atoms with van der Waals surface area (Å²) in [5.41, 5.74) is 0.997. The van der Waals surface area contributed by atoms with Crippen molar-refractivity contribution in [2.75, 3.05) is 73.7 Å². The Hall–Kier alpha value is -1.91. The van der Waals surface area contributed by atoms with Crippen LogP contribution in [-0.4, -0.2) is 126 Å². The Morgan fingerprint density at radius 1 is 1.05 bits per heavy atom. The Kier molecular flexibility index (Phi) is 18.1. The predicted molar refractivity (Wildman–Crippen MR) is 175 cm³/mol. The summed E-state index contributed by atoms with van der Waals surface area (Å²) in [6.45, 7) is 19.7. The Morgan fingerprint density at radius 3 is 2.48 bits per heavy atom. The van der Waals surface area contributed by atoms with Gasteiger partial charge in [0.05, 0.1) is 6.10 Å². The van der Waals surface area contributed by atoms with E-state index in [9.17, 15) is 0 Å². The van der Waals surface area contributed by atoms with E-state index in [2.05, 4.69) is 66.3 Å². The third-order valence-electron chi connectivity index (χ3n) is 8.25. The Morgan fingerprint density at radius 2 is 1.81 bits per heavy atom. The average molecular weight is 590 g/mol. The summed E-state index contributed by atoms with van der Waals surface area (Å²) in [6, 6.07) is 0.303. The molecule has 2 heterocycles. The van der Waals surface area contributed by atoms with Crippen LogP contribution in [0.15, 0.2) is 39.3 Å². The second-order valence-corrected chi connectivity index (χ2v) is 11.6. The first-order valence-corrected chi connectivity index (χ1v) is 15.9. The molecule has 42 heavy (non-hydrogen) atoms. The van der Waals surface area contributed by atoms with Gasteiger partial charge in [-0.25, -0.2) is 0 Å². The van der Waals surface area contributed by atoms with E-state index in [1.54, 1.807) is 27.5 Å². The summed E-state index contributed by atoms with van der Waals surface area (Å²) >= 11 is 0. The van der Waals surface area contributed by atoms with Gasteiger partial charge in [0.2, 0.25) is 5.90 Å². The normalized spacial score (nSPS) is 26.1. The van der Waals surface area contributed by atoms with Crippen LogP contribution in [-0.2, 0) is 18.9 Å². The molecule has 2 saturated heterocycles. The SMILES string of the molecule is C=C(/C=N\C(/C=C\CN1CC[C@@H](O/C(C/N=C\C(CC)N2CC(C)[C@@H](OCCCCOC)C2)=N/C)C(C)C1)OC)CC. The Labute approximate surface area is 256 Å². The van der Waals surface area contributed by atoms with Crippen molar-refractivity contribution in [1.82, 2.24) is 9.80 Å². The lowest BCUT2D eigenvalue weighted by Gasteiger charge is -2.36. The van der Waals surface area contributed by atoms with Gasteiger partial charge in [-0.3, -0.25) is 24.8 Å². The van der Waals surface area contributed by atoms with E-state index in [0.29, 0.717) is 30.3 Å². The molecule has 0 radical (unpaired) electrons. The van der Waals surface area contributed by atoms with Gasteiger partial charge in [0.1, 0.15) is 12.6 Å². The molecule has 0 N–H and O–H groups in total. The molecule has 2 rings (SSSR count). The Bertz CT molecular complexity index is 877. The van der Waals surface area contributed by atoms with Crippen LogP contribution in [0.1, 0.15) is 59.8 Å². The van der Waals surface area contributed by atoms with E-state index in [1.165, 1.54) is 0 Å². The van der Waals surface area contributed by atoms with E-state index in [4.69, 9.17) is 23.9 Å². The molecule has 0 spiro atoms. The van der Waals surface area contributed by atoms with Crippen molar-refractivity contribution >= 4 is 18.3 Å². The van der Waals surface area contributed by atoms with Crippen LogP contribution in [0.3, 0.4) is 0 Å². The van der Waals surface area contributed by atoms with E-state index in [1.807, 2.05) is 6.08 Å². The maximum absolute atomic E-state index is 6.38. The molecule has 9 nitrogen and oxygen atoms in total. The van der Waals surface area contributed by atoms with Gasteiger partial charge in [0.25, 0.3) is 0 Å². The molecule has 0 amide bonds. The largest absolute Gasteiger partial charge is 0.476 e. The average Bonchev–Trinajstić information content (AvgIpc) is 3.36. The summed E-state index contributed by atoms with van der Waals surface area (Å²) < 4.78 is 23.2. The van der Waals surface area contributed by atoms with E-state index >= 15 is 0 Å². The number of nitrogens with zero attached hydrogens (tertiary/aromatic N) is 5. The number of piperidine rings is 1. The van der Waals surface area contributed by atoms with Crippen LogP contribution in [0, 0.1) is 11.8 Å². The first-order chi connectivity index (χ1) is 20.3. The van der Waals surface area contributed by atoms with Crippen molar-refractivity contribution in [2.24, 2.45) is 26.8 Å². The van der Waals surface area contributed by atoms with E-state index < -0.39 is 0 Å². The second kappa shape index (κ2) is 20.9. The minimum absolute atomic E-state index is 0.152. The lowest BCUT2D eigenvalue weighted by Crippen LogP contribution is -2.44. The molecule has 6 atom stereocenters. The fourth-order valence-corrected chi connectivity index (χ4v) is 5.43. The van der Waals surface area contributed by atoms with Crippen LogP contribution in [0.4, 0.5) is 0 Å². The number of aliphatic imine (C=N–C) groups is 3. The molecule has 0 aliphatic carbocycles. The van der Waals surface area contributed by atoms with Gasteiger partial charge in [-0.15, -0.1) is 0 Å². The van der Waals surface area contributed by atoms with Gasteiger partial charge in [-0.2, -0.15) is 0 Å². The number of allylic oxidation sites excluding steroid dienone is 1. The van der Waals surface area contributed by atoms with Crippen molar-refractivity contribution < 1.29 is 18.9 Å². The zero-order valence-electron chi connectivity index (χ0n) is 27.5. The minimum Gasteiger partial charge on any atom is -0.476 e. The summed E-state index contributed by atoms with van der Waals surface area (Å²) in [7, 11) is 5.23. The molecule has 0 bridgehead atoms. The predicted octanol–water partition coefficient (Wildman–Crippen LogP) is 4.92. The molecule has 0 aromatic rings. The van der Waals surface area contributed by atoms with Crippen LogP contribution in [0.5, 0.6) is 0 Å². The van der Waals surface area contributed by atoms with Gasteiger partial charge in [-0.05, 0) is 49.7 Å². The van der Waals surface area contributed by atoms with Crippen molar-refractivity contribution in [3.05, 3.63) is 24.3 Å². The lowest BCUT2D eigenvalue weighted by atomic mass is 9.96. The molecule has 0 saturated carbocycles. The third kappa shape index (κ3) is 13.2. The summed E-state index contributed by atoms with van der Waals surface area (Å²) in [5, 5.41) is 0. The highest BCUT2D eigenvalue weighted by atomic mass is 16.5. The van der Waals surface area contributed by atoms with E-state index in [-0.39, 0.29) is 18.4 Å². The van der Waals surface area contributed by atoms with Gasteiger partial charge >= 0.3 is 0 Å². The van der Waals surface area contributed by atoms with Crippen molar-refractivity contribution in [1.29, 1.82) is 0 Å². The van der Waals surface area contributed by atoms with Crippen molar-refractivity contribution in [3.8, 4) is 0 Å². The van der Waals surface area contributed by atoms with Crippen LogP contribution in [0.2, 0.25) is 0 Å². The number of unbranched alkanes of at least 4 members (excludes halogenated alkanes) is 1. The fourth-order valence-electron chi connectivity index (χ4n) is 5.43. The molecule has 2 aliphatic heterocycles.